The van der Waals surface area contributed by atoms with Gasteiger partial charge in [0.2, 0.25) is 0 Å². The van der Waals surface area contributed by atoms with E-state index in [4.69, 9.17) is 5.73 Å². The summed E-state index contributed by atoms with van der Waals surface area (Å²) in [5.41, 5.74) is 8.74. The molecule has 0 heterocycles. The van der Waals surface area contributed by atoms with Gasteiger partial charge in [-0.2, -0.15) is 0 Å². The Bertz CT molecular complexity index is 306. The second-order valence-corrected chi connectivity index (χ2v) is 5.28. The average Bonchev–Trinajstić information content (AvgIpc) is 2.15. The van der Waals surface area contributed by atoms with Crippen LogP contribution in [-0.4, -0.2) is 19.0 Å². The first-order valence-corrected chi connectivity index (χ1v) is 5.35. The lowest BCUT2D eigenvalue weighted by molar-refractivity contribution is 0.307. The SMILES string of the molecule is CN(C)C(N)c1ccc(C(C)(C)C)cc1. The molecule has 0 aromatic heterocycles. The fourth-order valence-electron chi connectivity index (χ4n) is 1.48. The molecular formula is C13H22N2. The van der Waals surface area contributed by atoms with Crippen molar-refractivity contribution < 1.29 is 0 Å². The van der Waals surface area contributed by atoms with E-state index in [-0.39, 0.29) is 11.6 Å². The van der Waals surface area contributed by atoms with Crippen molar-refractivity contribution in [3.63, 3.8) is 0 Å². The second-order valence-electron chi connectivity index (χ2n) is 5.28. The summed E-state index contributed by atoms with van der Waals surface area (Å²) in [5, 5.41) is 0. The van der Waals surface area contributed by atoms with Crippen molar-refractivity contribution in [2.24, 2.45) is 5.73 Å². The van der Waals surface area contributed by atoms with Crippen LogP contribution < -0.4 is 5.73 Å². The molecule has 84 valence electrons. The number of rotatable bonds is 2. The van der Waals surface area contributed by atoms with E-state index >= 15 is 0 Å². The minimum Gasteiger partial charge on any atom is -0.312 e. The van der Waals surface area contributed by atoms with Crippen LogP contribution in [0, 0.1) is 0 Å². The van der Waals surface area contributed by atoms with E-state index in [1.807, 2.05) is 19.0 Å². The van der Waals surface area contributed by atoms with Crippen LogP contribution in [0.5, 0.6) is 0 Å². The zero-order chi connectivity index (χ0) is 11.6. The highest BCUT2D eigenvalue weighted by Crippen LogP contribution is 2.23. The highest BCUT2D eigenvalue weighted by molar-refractivity contribution is 5.28. The van der Waals surface area contributed by atoms with Crippen LogP contribution in [0.4, 0.5) is 0 Å². The Labute approximate surface area is 93.1 Å². The largest absolute Gasteiger partial charge is 0.312 e. The summed E-state index contributed by atoms with van der Waals surface area (Å²) in [6.07, 6.45) is -0.0148. The van der Waals surface area contributed by atoms with Gasteiger partial charge in [-0.3, -0.25) is 4.90 Å². The van der Waals surface area contributed by atoms with Crippen LogP contribution in [0.25, 0.3) is 0 Å². The van der Waals surface area contributed by atoms with Crippen LogP contribution in [0.2, 0.25) is 0 Å². The fraction of sp³-hybridized carbons (Fsp3) is 0.538. The monoisotopic (exact) mass is 206 g/mol. The van der Waals surface area contributed by atoms with E-state index < -0.39 is 0 Å². The summed E-state index contributed by atoms with van der Waals surface area (Å²) >= 11 is 0. The number of benzene rings is 1. The van der Waals surface area contributed by atoms with E-state index in [0.29, 0.717) is 0 Å². The Kier molecular flexibility index (Phi) is 3.53. The standard InChI is InChI=1S/C13H22N2/c1-13(2,3)11-8-6-10(7-9-11)12(14)15(4)5/h6-9,12H,14H2,1-5H3. The van der Waals surface area contributed by atoms with Gasteiger partial charge in [-0.25, -0.2) is 0 Å². The lowest BCUT2D eigenvalue weighted by Gasteiger charge is -2.23. The molecule has 15 heavy (non-hydrogen) atoms. The molecule has 0 spiro atoms. The van der Waals surface area contributed by atoms with Gasteiger partial charge in [0.1, 0.15) is 0 Å². The zero-order valence-electron chi connectivity index (χ0n) is 10.4. The Morgan fingerprint density at radius 3 is 1.87 bits per heavy atom. The molecule has 0 aliphatic rings. The van der Waals surface area contributed by atoms with Gasteiger partial charge in [0, 0.05) is 0 Å². The summed E-state index contributed by atoms with van der Waals surface area (Å²) in [4.78, 5) is 2.01. The second kappa shape index (κ2) is 4.33. The molecule has 2 heteroatoms. The Balaban J connectivity index is 2.91. The third-order valence-corrected chi connectivity index (χ3v) is 2.67. The normalized spacial score (nSPS) is 14.3. The fourth-order valence-corrected chi connectivity index (χ4v) is 1.48. The van der Waals surface area contributed by atoms with Crippen LogP contribution in [0.1, 0.15) is 38.1 Å². The molecule has 1 aromatic carbocycles. The maximum Gasteiger partial charge on any atom is 0.0830 e. The van der Waals surface area contributed by atoms with E-state index in [9.17, 15) is 0 Å². The van der Waals surface area contributed by atoms with Gasteiger partial charge in [-0.05, 0) is 30.6 Å². The Hall–Kier alpha value is -0.860. The smallest absolute Gasteiger partial charge is 0.0830 e. The van der Waals surface area contributed by atoms with Crippen molar-refractivity contribution in [3.05, 3.63) is 35.4 Å². The van der Waals surface area contributed by atoms with Gasteiger partial charge in [0.15, 0.2) is 0 Å². The molecule has 1 rings (SSSR count). The third-order valence-electron chi connectivity index (χ3n) is 2.67. The highest BCUT2D eigenvalue weighted by atomic mass is 15.2. The van der Waals surface area contributed by atoms with Gasteiger partial charge < -0.3 is 5.73 Å². The maximum absolute atomic E-state index is 6.02. The number of nitrogens with zero attached hydrogens (tertiary/aromatic N) is 1. The van der Waals surface area contributed by atoms with Crippen LogP contribution in [-0.2, 0) is 5.41 Å². The summed E-state index contributed by atoms with van der Waals surface area (Å²) in [6, 6.07) is 8.56. The first kappa shape index (κ1) is 12.2. The lowest BCUT2D eigenvalue weighted by Crippen LogP contribution is -2.27. The van der Waals surface area contributed by atoms with E-state index in [2.05, 4.69) is 45.0 Å². The zero-order valence-corrected chi connectivity index (χ0v) is 10.4. The number of hydrogen-bond acceptors (Lipinski definition) is 2. The van der Waals surface area contributed by atoms with E-state index in [1.165, 1.54) is 5.56 Å². The van der Waals surface area contributed by atoms with Crippen LogP contribution in [0.15, 0.2) is 24.3 Å². The predicted molar refractivity (Wildman–Crippen MR) is 65.8 cm³/mol. The highest BCUT2D eigenvalue weighted by Gasteiger charge is 2.14. The molecule has 2 nitrogen and oxygen atoms in total. The summed E-state index contributed by atoms with van der Waals surface area (Å²) in [7, 11) is 3.98. The first-order valence-electron chi connectivity index (χ1n) is 5.35. The maximum atomic E-state index is 6.02. The van der Waals surface area contributed by atoms with Crippen LogP contribution in [0.3, 0.4) is 0 Å². The topological polar surface area (TPSA) is 29.3 Å². The van der Waals surface area contributed by atoms with Gasteiger partial charge in [-0.1, -0.05) is 45.0 Å². The molecule has 0 saturated carbocycles. The molecular weight excluding hydrogens is 184 g/mol. The molecule has 0 aliphatic carbocycles. The summed E-state index contributed by atoms with van der Waals surface area (Å²) in [6.45, 7) is 6.65. The minimum atomic E-state index is -0.0148. The first-order chi connectivity index (χ1) is 6.82. The average molecular weight is 206 g/mol. The van der Waals surface area contributed by atoms with Crippen LogP contribution >= 0.6 is 0 Å². The molecule has 0 bridgehead atoms. The number of nitrogens with two attached hydrogens (primary N) is 1. The quantitative estimate of drug-likeness (QED) is 0.753. The molecule has 1 aromatic rings. The van der Waals surface area contributed by atoms with E-state index in [0.717, 1.165) is 5.56 Å². The van der Waals surface area contributed by atoms with Gasteiger partial charge in [0.25, 0.3) is 0 Å². The molecule has 1 unspecified atom stereocenters. The molecule has 2 N–H and O–H groups in total. The van der Waals surface area contributed by atoms with Crippen molar-refractivity contribution in [2.45, 2.75) is 32.4 Å². The van der Waals surface area contributed by atoms with Crippen molar-refractivity contribution in [1.82, 2.24) is 4.90 Å². The van der Waals surface area contributed by atoms with Crippen molar-refractivity contribution >= 4 is 0 Å². The third kappa shape index (κ3) is 3.05. The molecule has 1 atom stereocenters. The predicted octanol–water partition coefficient (Wildman–Crippen LogP) is 2.50. The molecule has 0 saturated heterocycles. The Morgan fingerprint density at radius 1 is 1.07 bits per heavy atom. The van der Waals surface area contributed by atoms with Crippen molar-refractivity contribution in [2.75, 3.05) is 14.1 Å². The van der Waals surface area contributed by atoms with Crippen molar-refractivity contribution in [3.8, 4) is 0 Å². The summed E-state index contributed by atoms with van der Waals surface area (Å²) in [5.74, 6) is 0. The van der Waals surface area contributed by atoms with Gasteiger partial charge in [0.05, 0.1) is 6.17 Å². The molecule has 0 fully saturated rings. The molecule has 0 radical (unpaired) electrons. The summed E-state index contributed by atoms with van der Waals surface area (Å²) < 4.78 is 0. The lowest BCUT2D eigenvalue weighted by atomic mass is 9.86. The van der Waals surface area contributed by atoms with E-state index in [1.54, 1.807) is 0 Å². The molecule has 0 aliphatic heterocycles. The number of hydrogen-bond donors (Lipinski definition) is 1. The Morgan fingerprint density at radius 2 is 1.53 bits per heavy atom. The molecule has 0 amide bonds. The van der Waals surface area contributed by atoms with Gasteiger partial charge >= 0.3 is 0 Å². The minimum absolute atomic E-state index is 0.0148. The van der Waals surface area contributed by atoms with Gasteiger partial charge in [-0.15, -0.1) is 0 Å². The van der Waals surface area contributed by atoms with Crippen molar-refractivity contribution in [1.29, 1.82) is 0 Å².